The number of nitrogens with one attached hydrogen (secondary N) is 1. The minimum atomic E-state index is 0.273. The summed E-state index contributed by atoms with van der Waals surface area (Å²) in [6.07, 6.45) is 7.42. The molecule has 5 rings (SSSR count). The number of rotatable bonds is 5. The molecule has 3 aromatic heterocycles. The van der Waals surface area contributed by atoms with Crippen LogP contribution in [0.1, 0.15) is 24.1 Å². The van der Waals surface area contributed by atoms with Crippen molar-refractivity contribution in [2.75, 3.05) is 54.5 Å². The summed E-state index contributed by atoms with van der Waals surface area (Å²) in [7, 11) is 0. The van der Waals surface area contributed by atoms with Crippen LogP contribution >= 0.6 is 0 Å². The Hall–Kier alpha value is -3.33. The van der Waals surface area contributed by atoms with Gasteiger partial charge in [-0.3, -0.25) is 4.98 Å². The van der Waals surface area contributed by atoms with Gasteiger partial charge in [-0.05, 0) is 38.8 Å². The number of ether oxygens (including phenoxy) is 1. The molecule has 1 atom stereocenters. The fourth-order valence-electron chi connectivity index (χ4n) is 4.37. The van der Waals surface area contributed by atoms with Crippen molar-refractivity contribution in [3.63, 3.8) is 0 Å². The molecule has 9 heteroatoms. The van der Waals surface area contributed by atoms with Crippen molar-refractivity contribution < 1.29 is 4.74 Å². The van der Waals surface area contributed by atoms with E-state index in [4.69, 9.17) is 9.72 Å². The zero-order valence-corrected chi connectivity index (χ0v) is 19.2. The SMILES string of the molecule is Cc1nc(-c2cccnc2)nc(NC2CCCN(c3cc(N4CCOCC4)ncn3)C2)c1C. The molecular weight excluding hydrogens is 416 g/mol. The quantitative estimate of drug-likeness (QED) is 0.635. The van der Waals surface area contributed by atoms with E-state index in [9.17, 15) is 0 Å². The van der Waals surface area contributed by atoms with Crippen molar-refractivity contribution in [3.05, 3.63) is 48.2 Å². The van der Waals surface area contributed by atoms with Crippen molar-refractivity contribution in [1.82, 2.24) is 24.9 Å². The average Bonchev–Trinajstić information content (AvgIpc) is 2.88. The van der Waals surface area contributed by atoms with Gasteiger partial charge in [-0.25, -0.2) is 19.9 Å². The largest absolute Gasteiger partial charge is 0.378 e. The smallest absolute Gasteiger partial charge is 0.163 e. The molecule has 1 N–H and O–H groups in total. The summed E-state index contributed by atoms with van der Waals surface area (Å²) >= 11 is 0. The predicted octanol–water partition coefficient (Wildman–Crippen LogP) is 2.86. The van der Waals surface area contributed by atoms with Crippen LogP contribution < -0.4 is 15.1 Å². The summed E-state index contributed by atoms with van der Waals surface area (Å²) < 4.78 is 5.48. The highest BCUT2D eigenvalue weighted by Gasteiger charge is 2.23. The van der Waals surface area contributed by atoms with E-state index in [1.807, 2.05) is 19.1 Å². The van der Waals surface area contributed by atoms with Gasteiger partial charge in [0.1, 0.15) is 23.8 Å². The van der Waals surface area contributed by atoms with Crippen molar-refractivity contribution in [3.8, 4) is 11.4 Å². The molecule has 9 nitrogen and oxygen atoms in total. The Morgan fingerprint density at radius 3 is 2.64 bits per heavy atom. The Labute approximate surface area is 194 Å². The molecule has 3 aromatic rings. The number of pyridine rings is 1. The lowest BCUT2D eigenvalue weighted by Crippen LogP contribution is -2.43. The molecule has 172 valence electrons. The lowest BCUT2D eigenvalue weighted by Gasteiger charge is -2.35. The zero-order valence-electron chi connectivity index (χ0n) is 19.2. The van der Waals surface area contributed by atoms with Crippen LogP contribution in [0.25, 0.3) is 11.4 Å². The van der Waals surface area contributed by atoms with Crippen LogP contribution in [0, 0.1) is 13.8 Å². The van der Waals surface area contributed by atoms with Crippen LogP contribution in [0.2, 0.25) is 0 Å². The van der Waals surface area contributed by atoms with Gasteiger partial charge in [0.05, 0.1) is 13.2 Å². The van der Waals surface area contributed by atoms with Gasteiger partial charge in [0.15, 0.2) is 5.82 Å². The maximum Gasteiger partial charge on any atom is 0.163 e. The number of nitrogens with zero attached hydrogens (tertiary/aromatic N) is 7. The molecule has 2 aliphatic heterocycles. The Bertz CT molecular complexity index is 1090. The number of hydrogen-bond acceptors (Lipinski definition) is 9. The van der Waals surface area contributed by atoms with E-state index in [-0.39, 0.29) is 6.04 Å². The third kappa shape index (κ3) is 4.88. The molecule has 0 bridgehead atoms. The molecular formula is C24H30N8O. The molecule has 2 aliphatic rings. The van der Waals surface area contributed by atoms with Crippen LogP contribution in [0.4, 0.5) is 17.5 Å². The Morgan fingerprint density at radius 1 is 1.03 bits per heavy atom. The Morgan fingerprint density at radius 2 is 1.85 bits per heavy atom. The Kier molecular flexibility index (Phi) is 6.30. The molecule has 2 saturated heterocycles. The van der Waals surface area contributed by atoms with E-state index in [0.717, 1.165) is 86.5 Å². The lowest BCUT2D eigenvalue weighted by atomic mass is 10.1. The molecule has 0 saturated carbocycles. The van der Waals surface area contributed by atoms with Crippen LogP contribution in [-0.2, 0) is 4.74 Å². The summed E-state index contributed by atoms with van der Waals surface area (Å²) in [5, 5.41) is 3.69. The number of piperidine rings is 1. The minimum Gasteiger partial charge on any atom is -0.378 e. The first-order valence-corrected chi connectivity index (χ1v) is 11.6. The van der Waals surface area contributed by atoms with Crippen LogP contribution in [-0.4, -0.2) is 70.4 Å². The van der Waals surface area contributed by atoms with E-state index in [1.54, 1.807) is 18.7 Å². The van der Waals surface area contributed by atoms with Crippen molar-refractivity contribution in [2.24, 2.45) is 0 Å². The normalized spacial score (nSPS) is 18.9. The summed E-state index contributed by atoms with van der Waals surface area (Å²) in [5.74, 6) is 3.55. The average molecular weight is 447 g/mol. The molecule has 0 aliphatic carbocycles. The Balaban J connectivity index is 1.32. The highest BCUT2D eigenvalue weighted by molar-refractivity contribution is 5.59. The summed E-state index contributed by atoms with van der Waals surface area (Å²) in [6, 6.07) is 6.28. The third-order valence-corrected chi connectivity index (χ3v) is 6.37. The zero-order chi connectivity index (χ0) is 22.6. The highest BCUT2D eigenvalue weighted by atomic mass is 16.5. The molecule has 0 amide bonds. The summed E-state index contributed by atoms with van der Waals surface area (Å²) in [6.45, 7) is 9.18. The second-order valence-corrected chi connectivity index (χ2v) is 8.61. The van der Waals surface area contributed by atoms with Crippen molar-refractivity contribution >= 4 is 17.5 Å². The summed E-state index contributed by atoms with van der Waals surface area (Å²) in [5.41, 5.74) is 2.98. The van der Waals surface area contributed by atoms with E-state index >= 15 is 0 Å². The number of morpholine rings is 1. The number of aromatic nitrogens is 5. The standard InChI is InChI=1S/C24H30N8O/c1-17-18(2)28-24(19-5-3-7-25-14-19)30-23(17)29-20-6-4-8-32(15-20)22-13-21(26-16-27-22)31-9-11-33-12-10-31/h3,5,7,13-14,16,20H,4,6,8-12,15H2,1-2H3,(H,28,29,30). The number of aryl methyl sites for hydroxylation is 1. The number of anilines is 3. The van der Waals surface area contributed by atoms with Crippen molar-refractivity contribution in [1.29, 1.82) is 0 Å². The van der Waals surface area contributed by atoms with Gasteiger partial charge >= 0.3 is 0 Å². The monoisotopic (exact) mass is 446 g/mol. The topological polar surface area (TPSA) is 92.2 Å². The van der Waals surface area contributed by atoms with Crippen LogP contribution in [0.5, 0.6) is 0 Å². The molecule has 1 unspecified atom stereocenters. The van der Waals surface area contributed by atoms with Gasteiger partial charge < -0.3 is 19.9 Å². The van der Waals surface area contributed by atoms with Crippen LogP contribution in [0.3, 0.4) is 0 Å². The first-order valence-electron chi connectivity index (χ1n) is 11.6. The van der Waals surface area contributed by atoms with E-state index in [2.05, 4.69) is 48.0 Å². The van der Waals surface area contributed by atoms with Gasteiger partial charge in [-0.2, -0.15) is 0 Å². The van der Waals surface area contributed by atoms with E-state index in [1.165, 1.54) is 0 Å². The summed E-state index contributed by atoms with van der Waals surface area (Å²) in [4.78, 5) is 27.4. The van der Waals surface area contributed by atoms with Gasteiger partial charge in [0.2, 0.25) is 0 Å². The second kappa shape index (κ2) is 9.66. The minimum absolute atomic E-state index is 0.273. The van der Waals surface area contributed by atoms with Crippen LogP contribution in [0.15, 0.2) is 36.9 Å². The van der Waals surface area contributed by atoms with Gasteiger partial charge in [0.25, 0.3) is 0 Å². The fourth-order valence-corrected chi connectivity index (χ4v) is 4.37. The van der Waals surface area contributed by atoms with E-state index < -0.39 is 0 Å². The van der Waals surface area contributed by atoms with E-state index in [0.29, 0.717) is 5.82 Å². The highest BCUT2D eigenvalue weighted by Crippen LogP contribution is 2.26. The first-order chi connectivity index (χ1) is 16.2. The third-order valence-electron chi connectivity index (χ3n) is 6.37. The molecule has 2 fully saturated rings. The second-order valence-electron chi connectivity index (χ2n) is 8.61. The fraction of sp³-hybridized carbons (Fsp3) is 0.458. The van der Waals surface area contributed by atoms with Gasteiger partial charge in [-0.15, -0.1) is 0 Å². The first kappa shape index (κ1) is 21.5. The predicted molar refractivity (Wildman–Crippen MR) is 129 cm³/mol. The molecule has 0 aromatic carbocycles. The molecule has 33 heavy (non-hydrogen) atoms. The maximum atomic E-state index is 5.48. The lowest BCUT2D eigenvalue weighted by molar-refractivity contribution is 0.122. The number of hydrogen-bond donors (Lipinski definition) is 1. The van der Waals surface area contributed by atoms with Crippen molar-refractivity contribution in [2.45, 2.75) is 32.7 Å². The van der Waals surface area contributed by atoms with Gasteiger partial charge in [0, 0.05) is 67.5 Å². The molecule has 5 heterocycles. The van der Waals surface area contributed by atoms with Gasteiger partial charge in [-0.1, -0.05) is 0 Å². The molecule has 0 radical (unpaired) electrons. The molecule has 0 spiro atoms. The maximum absolute atomic E-state index is 5.48.